The van der Waals surface area contributed by atoms with Crippen LogP contribution in [0.5, 0.6) is 0 Å². The molecule has 114 valence electrons. The van der Waals surface area contributed by atoms with Crippen molar-refractivity contribution in [2.45, 2.75) is 33.9 Å². The highest BCUT2D eigenvalue weighted by Gasteiger charge is 2.19. The Bertz CT molecular complexity index is 381. The van der Waals surface area contributed by atoms with Crippen molar-refractivity contribution >= 4 is 0 Å². The zero-order chi connectivity index (χ0) is 14.4. The van der Waals surface area contributed by atoms with Crippen LogP contribution >= 0.6 is 0 Å². The van der Waals surface area contributed by atoms with Crippen LogP contribution in [-0.2, 0) is 13.1 Å². The number of nitrogens with one attached hydrogen (secondary N) is 1. The second-order valence-electron chi connectivity index (χ2n) is 6.12. The van der Waals surface area contributed by atoms with E-state index < -0.39 is 0 Å². The minimum atomic E-state index is 0.762. The SMILES string of the molecule is CCNCc1ccoc1CN1CCN(CC(C)C)CC1. The van der Waals surface area contributed by atoms with Gasteiger partial charge in [0.2, 0.25) is 0 Å². The molecule has 1 fully saturated rings. The van der Waals surface area contributed by atoms with E-state index in [1.54, 1.807) is 0 Å². The molecule has 20 heavy (non-hydrogen) atoms. The molecule has 0 bridgehead atoms. The Morgan fingerprint density at radius 2 is 1.90 bits per heavy atom. The van der Waals surface area contributed by atoms with Gasteiger partial charge < -0.3 is 14.6 Å². The fourth-order valence-corrected chi connectivity index (χ4v) is 2.77. The van der Waals surface area contributed by atoms with Gasteiger partial charge in [-0.2, -0.15) is 0 Å². The molecule has 2 heterocycles. The van der Waals surface area contributed by atoms with Crippen LogP contribution in [0.15, 0.2) is 16.7 Å². The summed E-state index contributed by atoms with van der Waals surface area (Å²) in [4.78, 5) is 5.08. The molecule has 0 aliphatic carbocycles. The molecule has 0 aromatic carbocycles. The Morgan fingerprint density at radius 3 is 2.55 bits per heavy atom. The number of hydrogen-bond acceptors (Lipinski definition) is 4. The minimum absolute atomic E-state index is 0.762. The number of rotatable bonds is 7. The van der Waals surface area contributed by atoms with Crippen molar-refractivity contribution in [2.75, 3.05) is 39.3 Å². The summed E-state index contributed by atoms with van der Waals surface area (Å²) in [5.41, 5.74) is 1.30. The van der Waals surface area contributed by atoms with Crippen molar-refractivity contribution in [3.8, 4) is 0 Å². The zero-order valence-corrected chi connectivity index (χ0v) is 13.2. The van der Waals surface area contributed by atoms with E-state index in [2.05, 4.69) is 42.0 Å². The predicted molar refractivity (Wildman–Crippen MR) is 82.6 cm³/mol. The van der Waals surface area contributed by atoms with Crippen LogP contribution in [0, 0.1) is 5.92 Å². The van der Waals surface area contributed by atoms with E-state index in [-0.39, 0.29) is 0 Å². The van der Waals surface area contributed by atoms with Crippen molar-refractivity contribution in [1.29, 1.82) is 0 Å². The lowest BCUT2D eigenvalue weighted by Crippen LogP contribution is -2.46. The maximum Gasteiger partial charge on any atom is 0.122 e. The molecule has 1 saturated heterocycles. The first kappa shape index (κ1) is 15.5. The standard InChI is InChI=1S/C16H29N3O/c1-4-17-11-15-5-10-20-16(15)13-19-8-6-18(7-9-19)12-14(2)3/h5,10,14,17H,4,6-9,11-13H2,1-3H3. The second kappa shape index (κ2) is 7.81. The van der Waals surface area contributed by atoms with E-state index in [1.165, 1.54) is 25.2 Å². The van der Waals surface area contributed by atoms with E-state index in [0.29, 0.717) is 0 Å². The molecule has 4 heteroatoms. The molecule has 1 aromatic heterocycles. The van der Waals surface area contributed by atoms with Crippen molar-refractivity contribution in [2.24, 2.45) is 5.92 Å². The lowest BCUT2D eigenvalue weighted by molar-refractivity contribution is 0.111. The molecule has 1 aliphatic rings. The number of piperazine rings is 1. The normalized spacial score (nSPS) is 18.0. The van der Waals surface area contributed by atoms with Crippen LogP contribution in [-0.4, -0.2) is 49.1 Å². The van der Waals surface area contributed by atoms with Crippen LogP contribution in [0.3, 0.4) is 0 Å². The predicted octanol–water partition coefficient (Wildman–Crippen LogP) is 2.16. The number of nitrogens with zero attached hydrogens (tertiary/aromatic N) is 2. The lowest BCUT2D eigenvalue weighted by Gasteiger charge is -2.35. The van der Waals surface area contributed by atoms with Gasteiger partial charge in [-0.05, 0) is 18.5 Å². The van der Waals surface area contributed by atoms with Gasteiger partial charge in [0, 0.05) is 44.8 Å². The zero-order valence-electron chi connectivity index (χ0n) is 13.2. The van der Waals surface area contributed by atoms with Crippen LogP contribution in [0.1, 0.15) is 32.1 Å². The third-order valence-electron chi connectivity index (χ3n) is 3.86. The van der Waals surface area contributed by atoms with Crippen molar-refractivity contribution in [3.05, 3.63) is 23.7 Å². The van der Waals surface area contributed by atoms with Crippen molar-refractivity contribution in [1.82, 2.24) is 15.1 Å². The minimum Gasteiger partial charge on any atom is -0.468 e. The molecular weight excluding hydrogens is 250 g/mol. The van der Waals surface area contributed by atoms with Crippen molar-refractivity contribution < 1.29 is 4.42 Å². The molecule has 0 radical (unpaired) electrons. The monoisotopic (exact) mass is 279 g/mol. The summed E-state index contributed by atoms with van der Waals surface area (Å²) >= 11 is 0. The van der Waals surface area contributed by atoms with E-state index >= 15 is 0 Å². The summed E-state index contributed by atoms with van der Waals surface area (Å²) < 4.78 is 5.66. The fraction of sp³-hybridized carbons (Fsp3) is 0.750. The largest absolute Gasteiger partial charge is 0.468 e. The summed E-state index contributed by atoms with van der Waals surface area (Å²) in [6, 6.07) is 2.09. The molecule has 0 saturated carbocycles. The number of furan rings is 1. The lowest BCUT2D eigenvalue weighted by atomic mass is 10.2. The van der Waals surface area contributed by atoms with E-state index in [1.807, 2.05) is 6.26 Å². The third kappa shape index (κ3) is 4.62. The first-order valence-electron chi connectivity index (χ1n) is 7.89. The average molecular weight is 279 g/mol. The van der Waals surface area contributed by atoms with Gasteiger partial charge in [-0.1, -0.05) is 20.8 Å². The number of hydrogen-bond donors (Lipinski definition) is 1. The van der Waals surface area contributed by atoms with Gasteiger partial charge in [0.15, 0.2) is 0 Å². The van der Waals surface area contributed by atoms with E-state index in [4.69, 9.17) is 4.42 Å². The van der Waals surface area contributed by atoms with Gasteiger partial charge >= 0.3 is 0 Å². The average Bonchev–Trinajstić information content (AvgIpc) is 2.85. The molecule has 2 rings (SSSR count). The first-order valence-corrected chi connectivity index (χ1v) is 7.89. The molecule has 1 aromatic rings. The van der Waals surface area contributed by atoms with Gasteiger partial charge in [-0.25, -0.2) is 0 Å². The molecule has 0 unspecified atom stereocenters. The second-order valence-corrected chi connectivity index (χ2v) is 6.12. The van der Waals surface area contributed by atoms with Gasteiger partial charge in [0.25, 0.3) is 0 Å². The fourth-order valence-electron chi connectivity index (χ4n) is 2.77. The Morgan fingerprint density at radius 1 is 1.20 bits per heavy atom. The highest BCUT2D eigenvalue weighted by atomic mass is 16.3. The Labute approximate surface area is 123 Å². The maximum absolute atomic E-state index is 5.66. The Kier molecular flexibility index (Phi) is 6.07. The molecule has 4 nitrogen and oxygen atoms in total. The summed E-state index contributed by atoms with van der Waals surface area (Å²) in [7, 11) is 0. The summed E-state index contributed by atoms with van der Waals surface area (Å²) in [6.45, 7) is 15.5. The quantitative estimate of drug-likeness (QED) is 0.829. The van der Waals surface area contributed by atoms with Gasteiger partial charge in [-0.3, -0.25) is 4.90 Å². The van der Waals surface area contributed by atoms with Crippen LogP contribution in [0.25, 0.3) is 0 Å². The molecule has 0 amide bonds. The third-order valence-corrected chi connectivity index (χ3v) is 3.86. The highest BCUT2D eigenvalue weighted by Crippen LogP contribution is 2.15. The van der Waals surface area contributed by atoms with Crippen molar-refractivity contribution in [3.63, 3.8) is 0 Å². The van der Waals surface area contributed by atoms with Crippen LogP contribution < -0.4 is 5.32 Å². The Hall–Kier alpha value is -0.840. The highest BCUT2D eigenvalue weighted by molar-refractivity contribution is 5.16. The first-order chi connectivity index (χ1) is 9.69. The van der Waals surface area contributed by atoms with E-state index in [0.717, 1.165) is 44.4 Å². The summed E-state index contributed by atoms with van der Waals surface area (Å²) in [5, 5.41) is 3.37. The van der Waals surface area contributed by atoms with Crippen LogP contribution in [0.4, 0.5) is 0 Å². The topological polar surface area (TPSA) is 31.7 Å². The molecule has 1 aliphatic heterocycles. The van der Waals surface area contributed by atoms with Crippen LogP contribution in [0.2, 0.25) is 0 Å². The summed E-state index contributed by atoms with van der Waals surface area (Å²) in [5.74, 6) is 1.89. The van der Waals surface area contributed by atoms with Gasteiger partial charge in [0.1, 0.15) is 5.76 Å². The maximum atomic E-state index is 5.66. The Balaban J connectivity index is 1.79. The molecule has 0 atom stereocenters. The molecular formula is C16H29N3O. The van der Waals surface area contributed by atoms with Gasteiger partial charge in [0.05, 0.1) is 12.8 Å². The summed E-state index contributed by atoms with van der Waals surface area (Å²) in [6.07, 6.45) is 1.82. The van der Waals surface area contributed by atoms with Gasteiger partial charge in [-0.15, -0.1) is 0 Å². The molecule has 0 spiro atoms. The van der Waals surface area contributed by atoms with E-state index in [9.17, 15) is 0 Å². The molecule has 1 N–H and O–H groups in total. The smallest absolute Gasteiger partial charge is 0.122 e.